The molecule has 1 N–H and O–H groups in total. The summed E-state index contributed by atoms with van der Waals surface area (Å²) >= 11 is 0. The molecule has 1 fully saturated rings. The van der Waals surface area contributed by atoms with E-state index in [4.69, 9.17) is 14.2 Å². The second kappa shape index (κ2) is 11.8. The van der Waals surface area contributed by atoms with Crippen molar-refractivity contribution in [3.8, 4) is 11.5 Å². The van der Waals surface area contributed by atoms with Crippen molar-refractivity contribution in [2.24, 2.45) is 0 Å². The average Bonchev–Trinajstić information content (AvgIpc) is 2.87. The number of esters is 1. The number of carbonyl (C=O) groups is 2. The lowest BCUT2D eigenvalue weighted by Gasteiger charge is -2.25. The number of ether oxygens (including phenoxy) is 3. The summed E-state index contributed by atoms with van der Waals surface area (Å²) in [5.41, 5.74) is 1.21. The Morgan fingerprint density at radius 3 is 2.32 bits per heavy atom. The van der Waals surface area contributed by atoms with E-state index in [1.807, 2.05) is 0 Å². The molecule has 2 aromatic carbocycles. The molecule has 0 radical (unpaired) electrons. The van der Waals surface area contributed by atoms with Crippen molar-refractivity contribution in [2.45, 2.75) is 37.0 Å². The minimum atomic E-state index is -3.48. The van der Waals surface area contributed by atoms with Gasteiger partial charge in [-0.15, -0.1) is 0 Å². The molecule has 0 saturated carbocycles. The van der Waals surface area contributed by atoms with E-state index in [0.29, 0.717) is 36.7 Å². The van der Waals surface area contributed by atoms with Crippen LogP contribution in [0, 0.1) is 0 Å². The largest absolute Gasteiger partial charge is 0.497 e. The third-order valence-electron chi connectivity index (χ3n) is 5.54. The molecular formula is C24H30N2O7S. The maximum atomic E-state index is 12.7. The molecule has 9 nitrogen and oxygen atoms in total. The first kappa shape index (κ1) is 25.5. The van der Waals surface area contributed by atoms with Gasteiger partial charge in [-0.2, -0.15) is 4.31 Å². The zero-order chi connectivity index (χ0) is 24.6. The van der Waals surface area contributed by atoms with Gasteiger partial charge in [-0.05, 0) is 49.1 Å². The molecule has 0 bridgehead atoms. The number of rotatable bonds is 10. The van der Waals surface area contributed by atoms with Gasteiger partial charge in [-0.25, -0.2) is 8.42 Å². The molecule has 1 saturated heterocycles. The molecule has 0 spiro atoms. The Hall–Kier alpha value is -3.11. The molecule has 0 aromatic heterocycles. The van der Waals surface area contributed by atoms with Gasteiger partial charge in [0.05, 0.1) is 24.8 Å². The molecule has 0 atom stereocenters. The molecule has 1 amide bonds. The van der Waals surface area contributed by atoms with Crippen molar-refractivity contribution < 1.29 is 32.2 Å². The van der Waals surface area contributed by atoms with E-state index in [0.717, 1.165) is 24.8 Å². The van der Waals surface area contributed by atoms with E-state index >= 15 is 0 Å². The Bertz CT molecular complexity index is 1090. The number of carbonyl (C=O) groups excluding carboxylic acids is 2. The molecule has 0 unspecified atom stereocenters. The van der Waals surface area contributed by atoms with E-state index in [1.165, 1.54) is 18.5 Å². The molecule has 34 heavy (non-hydrogen) atoms. The minimum Gasteiger partial charge on any atom is -0.497 e. The van der Waals surface area contributed by atoms with E-state index in [-0.39, 0.29) is 11.3 Å². The number of hydrogen-bond donors (Lipinski definition) is 1. The molecule has 3 rings (SSSR count). The van der Waals surface area contributed by atoms with Crippen LogP contribution in [0.1, 0.15) is 31.2 Å². The SMILES string of the molecule is COc1ccc(OC)c(NC(=O)COC(=O)CCc2ccc(S(=O)(=O)N3CCCCC3)cc2)c1. The number of methoxy groups -OCH3 is 2. The van der Waals surface area contributed by atoms with Crippen molar-refractivity contribution >= 4 is 27.6 Å². The smallest absolute Gasteiger partial charge is 0.306 e. The highest BCUT2D eigenvalue weighted by Crippen LogP contribution is 2.28. The molecule has 1 aliphatic rings. The van der Waals surface area contributed by atoms with Gasteiger partial charge in [-0.3, -0.25) is 9.59 Å². The van der Waals surface area contributed by atoms with Gasteiger partial charge in [0, 0.05) is 25.6 Å². The van der Waals surface area contributed by atoms with Gasteiger partial charge in [0.15, 0.2) is 6.61 Å². The van der Waals surface area contributed by atoms with Crippen LogP contribution in [0.3, 0.4) is 0 Å². The summed E-state index contributed by atoms with van der Waals surface area (Å²) in [5.74, 6) is -0.0426. The standard InChI is InChI=1S/C24H30N2O7S/c1-31-19-9-12-22(32-2)21(16-19)25-23(27)17-33-24(28)13-8-18-6-10-20(11-7-18)34(29,30)26-14-4-3-5-15-26/h6-7,9-12,16H,3-5,8,13-15,17H2,1-2H3,(H,25,27). The van der Waals surface area contributed by atoms with Crippen molar-refractivity contribution in [1.82, 2.24) is 4.31 Å². The Labute approximate surface area is 200 Å². The first-order chi connectivity index (χ1) is 16.3. The molecule has 10 heteroatoms. The quantitative estimate of drug-likeness (QED) is 0.510. The summed E-state index contributed by atoms with van der Waals surface area (Å²) < 4.78 is 42.4. The van der Waals surface area contributed by atoms with Crippen molar-refractivity contribution in [3.63, 3.8) is 0 Å². The molecule has 0 aliphatic carbocycles. The molecular weight excluding hydrogens is 460 g/mol. The monoisotopic (exact) mass is 490 g/mol. The van der Waals surface area contributed by atoms with Gasteiger partial charge in [-0.1, -0.05) is 18.6 Å². The van der Waals surface area contributed by atoms with Crippen LogP contribution in [-0.2, 0) is 30.8 Å². The lowest BCUT2D eigenvalue weighted by molar-refractivity contribution is -0.147. The second-order valence-corrected chi connectivity index (χ2v) is 9.82. The lowest BCUT2D eigenvalue weighted by Crippen LogP contribution is -2.35. The maximum Gasteiger partial charge on any atom is 0.306 e. The van der Waals surface area contributed by atoms with Crippen molar-refractivity contribution in [2.75, 3.05) is 39.2 Å². The fourth-order valence-corrected chi connectivity index (χ4v) is 5.16. The van der Waals surface area contributed by atoms with E-state index in [1.54, 1.807) is 42.5 Å². The first-order valence-electron chi connectivity index (χ1n) is 11.1. The number of aryl methyl sites for hydroxylation is 1. The van der Waals surface area contributed by atoms with E-state index in [2.05, 4.69) is 5.32 Å². The van der Waals surface area contributed by atoms with Crippen molar-refractivity contribution in [1.29, 1.82) is 0 Å². The van der Waals surface area contributed by atoms with Gasteiger partial charge in [0.1, 0.15) is 11.5 Å². The summed E-state index contributed by atoms with van der Waals surface area (Å²) in [7, 11) is -0.494. The number of piperidine rings is 1. The number of nitrogens with zero attached hydrogens (tertiary/aromatic N) is 1. The number of anilines is 1. The number of benzene rings is 2. The highest BCUT2D eigenvalue weighted by atomic mass is 32.2. The second-order valence-electron chi connectivity index (χ2n) is 7.88. The lowest BCUT2D eigenvalue weighted by atomic mass is 10.1. The summed E-state index contributed by atoms with van der Waals surface area (Å²) in [4.78, 5) is 24.5. The molecule has 2 aromatic rings. The number of sulfonamides is 1. The fraction of sp³-hybridized carbons (Fsp3) is 0.417. The normalized spacial score (nSPS) is 14.3. The Kier molecular flexibility index (Phi) is 8.89. The van der Waals surface area contributed by atoms with Crippen molar-refractivity contribution in [3.05, 3.63) is 48.0 Å². The third-order valence-corrected chi connectivity index (χ3v) is 7.45. The van der Waals surface area contributed by atoms with Crippen LogP contribution in [0.5, 0.6) is 11.5 Å². The first-order valence-corrected chi connectivity index (χ1v) is 12.5. The molecule has 1 aliphatic heterocycles. The topological polar surface area (TPSA) is 111 Å². The highest BCUT2D eigenvalue weighted by molar-refractivity contribution is 7.89. The number of hydrogen-bond acceptors (Lipinski definition) is 7. The highest BCUT2D eigenvalue weighted by Gasteiger charge is 2.25. The van der Waals surface area contributed by atoms with Crippen LogP contribution in [0.25, 0.3) is 0 Å². The van der Waals surface area contributed by atoms with Crippen LogP contribution in [-0.4, -0.2) is 58.5 Å². The fourth-order valence-electron chi connectivity index (χ4n) is 3.65. The predicted octanol–water partition coefficient (Wildman–Crippen LogP) is 2.99. The maximum absolute atomic E-state index is 12.7. The van der Waals surface area contributed by atoms with Crippen LogP contribution >= 0.6 is 0 Å². The zero-order valence-electron chi connectivity index (χ0n) is 19.4. The van der Waals surface area contributed by atoms with Crippen LogP contribution in [0.2, 0.25) is 0 Å². The van der Waals surface area contributed by atoms with E-state index < -0.39 is 28.5 Å². The summed E-state index contributed by atoms with van der Waals surface area (Å²) in [6.45, 7) is 0.661. The van der Waals surface area contributed by atoms with Crippen LogP contribution < -0.4 is 14.8 Å². The summed E-state index contributed by atoms with van der Waals surface area (Å²) in [6.07, 6.45) is 3.25. The number of amides is 1. The zero-order valence-corrected chi connectivity index (χ0v) is 20.2. The minimum absolute atomic E-state index is 0.0635. The Morgan fingerprint density at radius 1 is 0.971 bits per heavy atom. The summed E-state index contributed by atoms with van der Waals surface area (Å²) in [6, 6.07) is 11.5. The average molecular weight is 491 g/mol. The summed E-state index contributed by atoms with van der Waals surface area (Å²) in [5, 5.41) is 2.63. The van der Waals surface area contributed by atoms with Gasteiger partial charge in [0.2, 0.25) is 10.0 Å². The molecule has 184 valence electrons. The predicted molar refractivity (Wildman–Crippen MR) is 127 cm³/mol. The van der Waals surface area contributed by atoms with Gasteiger partial charge >= 0.3 is 5.97 Å². The van der Waals surface area contributed by atoms with Crippen LogP contribution in [0.4, 0.5) is 5.69 Å². The molecule has 1 heterocycles. The van der Waals surface area contributed by atoms with E-state index in [9.17, 15) is 18.0 Å². The Balaban J connectivity index is 1.46. The third kappa shape index (κ3) is 6.71. The Morgan fingerprint density at radius 2 is 1.68 bits per heavy atom. The van der Waals surface area contributed by atoms with Gasteiger partial charge in [0.25, 0.3) is 5.91 Å². The van der Waals surface area contributed by atoms with Gasteiger partial charge < -0.3 is 19.5 Å². The number of nitrogens with one attached hydrogen (secondary N) is 1. The van der Waals surface area contributed by atoms with Crippen LogP contribution in [0.15, 0.2) is 47.4 Å².